The molecule has 1 atom stereocenters. The van der Waals surface area contributed by atoms with Crippen LogP contribution in [0.4, 0.5) is 4.79 Å². The lowest BCUT2D eigenvalue weighted by atomic mass is 9.98. The number of thioether (sulfide) groups is 1. The molecule has 0 bridgehead atoms. The second-order valence-corrected chi connectivity index (χ2v) is 9.05. The quantitative estimate of drug-likeness (QED) is 0.483. The number of rotatable bonds is 11. The lowest BCUT2D eigenvalue weighted by Gasteiger charge is -2.24. The van der Waals surface area contributed by atoms with E-state index >= 15 is 0 Å². The molecule has 2 aromatic rings. The molecule has 8 heteroatoms. The zero-order chi connectivity index (χ0) is 23.8. The van der Waals surface area contributed by atoms with Crippen LogP contribution in [0.1, 0.15) is 36.3 Å². The van der Waals surface area contributed by atoms with Crippen molar-refractivity contribution in [2.45, 2.75) is 31.2 Å². The maximum atomic E-state index is 12.8. The highest BCUT2D eigenvalue weighted by molar-refractivity contribution is 7.98. The molecule has 0 fully saturated rings. The summed E-state index contributed by atoms with van der Waals surface area (Å²) in [5, 5.41) is 11.6. The fraction of sp³-hybridized carbons (Fsp3) is 0.400. The van der Waals surface area contributed by atoms with Crippen LogP contribution in [0.25, 0.3) is 11.1 Å². The molecule has 0 heterocycles. The number of nitrogens with zero attached hydrogens (tertiary/aromatic N) is 1. The second-order valence-electron chi connectivity index (χ2n) is 8.06. The molecule has 1 unspecified atom stereocenters. The lowest BCUT2D eigenvalue weighted by molar-refractivity contribution is -0.137. The number of benzene rings is 2. The molecule has 0 radical (unpaired) electrons. The van der Waals surface area contributed by atoms with E-state index in [4.69, 9.17) is 9.84 Å². The van der Waals surface area contributed by atoms with Gasteiger partial charge in [0, 0.05) is 25.9 Å². The van der Waals surface area contributed by atoms with Gasteiger partial charge in [-0.05, 0) is 47.1 Å². The fourth-order valence-electron chi connectivity index (χ4n) is 4.13. The summed E-state index contributed by atoms with van der Waals surface area (Å²) in [5.74, 6) is -0.513. The summed E-state index contributed by atoms with van der Waals surface area (Å²) in [6, 6.07) is 15.1. The smallest absolute Gasteiger partial charge is 0.407 e. The Balaban J connectivity index is 1.64. The molecule has 7 nitrogen and oxygen atoms in total. The van der Waals surface area contributed by atoms with Crippen molar-refractivity contribution in [3.8, 4) is 11.1 Å². The van der Waals surface area contributed by atoms with Gasteiger partial charge in [0.05, 0.1) is 0 Å². The molecule has 3 rings (SSSR count). The normalized spacial score (nSPS) is 13.0. The summed E-state index contributed by atoms with van der Waals surface area (Å²) in [7, 11) is 1.66. The highest BCUT2D eigenvalue weighted by atomic mass is 32.2. The molecule has 0 saturated heterocycles. The first-order valence-electron chi connectivity index (χ1n) is 11.0. The second kappa shape index (κ2) is 11.7. The Kier molecular flexibility index (Phi) is 8.77. The minimum atomic E-state index is -1.02. The van der Waals surface area contributed by atoms with Crippen molar-refractivity contribution in [3.05, 3.63) is 59.7 Å². The standard InChI is InChI=1S/C25H30N2O5S/c1-27(14-7-15-33-2)24(30)22(12-13-23(28)29)26-25(31)32-16-21-19-10-5-3-8-17(19)18-9-4-6-11-20(18)21/h3-6,8-11,21-22H,7,12-16H2,1-2H3,(H,26,31)(H,28,29). The van der Waals surface area contributed by atoms with Gasteiger partial charge in [-0.15, -0.1) is 0 Å². The van der Waals surface area contributed by atoms with Crippen LogP contribution in [-0.4, -0.2) is 66.2 Å². The van der Waals surface area contributed by atoms with E-state index < -0.39 is 18.1 Å². The molecular formula is C25H30N2O5S. The molecule has 0 spiro atoms. The topological polar surface area (TPSA) is 95.9 Å². The number of fused-ring (bicyclic) bond motifs is 3. The minimum Gasteiger partial charge on any atom is -0.481 e. The fourth-order valence-corrected chi connectivity index (χ4v) is 4.55. The summed E-state index contributed by atoms with van der Waals surface area (Å²) in [5.41, 5.74) is 4.45. The minimum absolute atomic E-state index is 0.00519. The van der Waals surface area contributed by atoms with Crippen molar-refractivity contribution in [1.29, 1.82) is 0 Å². The van der Waals surface area contributed by atoms with E-state index in [1.165, 1.54) is 4.90 Å². The highest BCUT2D eigenvalue weighted by Gasteiger charge is 2.30. The van der Waals surface area contributed by atoms with Gasteiger partial charge in [-0.1, -0.05) is 48.5 Å². The van der Waals surface area contributed by atoms with Gasteiger partial charge in [0.25, 0.3) is 0 Å². The Morgan fingerprint density at radius 1 is 1.09 bits per heavy atom. The number of carboxylic acid groups (broad SMARTS) is 1. The average molecular weight is 471 g/mol. The third kappa shape index (κ3) is 6.28. The van der Waals surface area contributed by atoms with E-state index in [0.29, 0.717) is 6.54 Å². The third-order valence-corrected chi connectivity index (χ3v) is 6.50. The van der Waals surface area contributed by atoms with Gasteiger partial charge in [-0.25, -0.2) is 4.79 Å². The van der Waals surface area contributed by atoms with Crippen LogP contribution in [0.3, 0.4) is 0 Å². The van der Waals surface area contributed by atoms with Gasteiger partial charge in [-0.3, -0.25) is 9.59 Å². The SMILES string of the molecule is CSCCCN(C)C(=O)C(CCC(=O)O)NC(=O)OCC1c2ccccc2-c2ccccc21. The molecule has 1 aliphatic rings. The Hall–Kier alpha value is -3.00. The van der Waals surface area contributed by atoms with E-state index in [9.17, 15) is 14.4 Å². The summed E-state index contributed by atoms with van der Waals surface area (Å²) in [6.45, 7) is 0.666. The molecule has 0 aromatic heterocycles. The van der Waals surface area contributed by atoms with E-state index in [1.54, 1.807) is 18.8 Å². The number of carbonyl (C=O) groups is 3. The third-order valence-electron chi connectivity index (χ3n) is 5.80. The Labute approximate surface area is 198 Å². The van der Waals surface area contributed by atoms with Gasteiger partial charge in [0.15, 0.2) is 0 Å². The first-order valence-corrected chi connectivity index (χ1v) is 12.4. The molecular weight excluding hydrogens is 440 g/mol. The summed E-state index contributed by atoms with van der Waals surface area (Å²) >= 11 is 1.69. The molecule has 2 amide bonds. The Bertz CT molecular complexity index is 951. The predicted octanol–water partition coefficient (Wildman–Crippen LogP) is 3.97. The van der Waals surface area contributed by atoms with E-state index in [-0.39, 0.29) is 31.3 Å². The Morgan fingerprint density at radius 3 is 2.27 bits per heavy atom. The number of hydrogen-bond donors (Lipinski definition) is 2. The van der Waals surface area contributed by atoms with Crippen LogP contribution >= 0.6 is 11.8 Å². The van der Waals surface area contributed by atoms with Crippen molar-refractivity contribution in [3.63, 3.8) is 0 Å². The van der Waals surface area contributed by atoms with Gasteiger partial charge in [0.1, 0.15) is 12.6 Å². The van der Waals surface area contributed by atoms with Crippen LogP contribution in [-0.2, 0) is 14.3 Å². The first-order chi connectivity index (χ1) is 15.9. The van der Waals surface area contributed by atoms with Gasteiger partial charge in [-0.2, -0.15) is 11.8 Å². The monoisotopic (exact) mass is 470 g/mol. The number of amides is 2. The van der Waals surface area contributed by atoms with E-state index in [1.807, 2.05) is 42.7 Å². The zero-order valence-electron chi connectivity index (χ0n) is 19.0. The number of carboxylic acids is 1. The number of carbonyl (C=O) groups excluding carboxylic acids is 2. The van der Waals surface area contributed by atoms with E-state index in [2.05, 4.69) is 17.4 Å². The molecule has 0 aliphatic heterocycles. The van der Waals surface area contributed by atoms with Gasteiger partial charge < -0.3 is 20.1 Å². The zero-order valence-corrected chi connectivity index (χ0v) is 19.8. The van der Waals surface area contributed by atoms with Crippen molar-refractivity contribution in [1.82, 2.24) is 10.2 Å². The van der Waals surface area contributed by atoms with Crippen LogP contribution in [0, 0.1) is 0 Å². The number of aliphatic carboxylic acids is 1. The summed E-state index contributed by atoms with van der Waals surface area (Å²) in [4.78, 5) is 38.0. The number of alkyl carbamates (subject to hydrolysis) is 1. The first kappa shape index (κ1) is 24.6. The molecule has 2 aromatic carbocycles. The van der Waals surface area contributed by atoms with Gasteiger partial charge >= 0.3 is 12.1 Å². The number of hydrogen-bond acceptors (Lipinski definition) is 5. The van der Waals surface area contributed by atoms with E-state index in [0.717, 1.165) is 34.4 Å². The van der Waals surface area contributed by atoms with Crippen molar-refractivity contribution in [2.24, 2.45) is 0 Å². The lowest BCUT2D eigenvalue weighted by Crippen LogP contribution is -2.48. The number of nitrogens with one attached hydrogen (secondary N) is 1. The van der Waals surface area contributed by atoms with Crippen molar-refractivity contribution >= 4 is 29.7 Å². The number of likely N-dealkylation sites (N-methyl/N-ethyl adjacent to an activating group) is 1. The average Bonchev–Trinajstić information content (AvgIpc) is 3.13. The molecule has 33 heavy (non-hydrogen) atoms. The number of ether oxygens (including phenoxy) is 1. The highest BCUT2D eigenvalue weighted by Crippen LogP contribution is 2.44. The molecule has 2 N–H and O–H groups in total. The maximum absolute atomic E-state index is 12.8. The van der Waals surface area contributed by atoms with Crippen molar-refractivity contribution in [2.75, 3.05) is 32.2 Å². The van der Waals surface area contributed by atoms with Crippen LogP contribution in [0.5, 0.6) is 0 Å². The summed E-state index contributed by atoms with van der Waals surface area (Å²) in [6.07, 6.45) is 1.87. The molecule has 0 saturated carbocycles. The van der Waals surface area contributed by atoms with Gasteiger partial charge in [0.2, 0.25) is 5.91 Å². The predicted molar refractivity (Wildman–Crippen MR) is 129 cm³/mol. The maximum Gasteiger partial charge on any atom is 0.407 e. The largest absolute Gasteiger partial charge is 0.481 e. The summed E-state index contributed by atoms with van der Waals surface area (Å²) < 4.78 is 5.53. The Morgan fingerprint density at radius 2 is 1.70 bits per heavy atom. The molecule has 176 valence electrons. The van der Waals surface area contributed by atoms with Crippen LogP contribution in [0.2, 0.25) is 0 Å². The van der Waals surface area contributed by atoms with Crippen LogP contribution in [0.15, 0.2) is 48.5 Å². The van der Waals surface area contributed by atoms with Crippen molar-refractivity contribution < 1.29 is 24.2 Å². The van der Waals surface area contributed by atoms with Crippen LogP contribution < -0.4 is 5.32 Å². The molecule has 1 aliphatic carbocycles.